The first-order valence-electron chi connectivity index (χ1n) is 15.2. The van der Waals surface area contributed by atoms with Gasteiger partial charge in [0.2, 0.25) is 0 Å². The maximum atomic E-state index is 12.8. The fourth-order valence-electron chi connectivity index (χ4n) is 4.88. The predicted molar refractivity (Wildman–Crippen MR) is 158 cm³/mol. The molecule has 228 valence electrons. The molecule has 0 aliphatic carbocycles. The molecule has 0 aliphatic heterocycles. The van der Waals surface area contributed by atoms with Gasteiger partial charge in [0.15, 0.2) is 0 Å². The van der Waals surface area contributed by atoms with Gasteiger partial charge in [0.1, 0.15) is 0 Å². The number of rotatable bonds is 21. The molecule has 2 rings (SSSR count). The molecule has 41 heavy (non-hydrogen) atoms. The number of carboxylic acid groups (broad SMARTS) is 1. The van der Waals surface area contributed by atoms with Gasteiger partial charge in [0.05, 0.1) is 12.1 Å². The Bertz CT molecular complexity index is 1010. The molecular weight excluding hydrogens is 529 g/mol. The zero-order valence-corrected chi connectivity index (χ0v) is 24.5. The minimum atomic E-state index is -4.42. The summed E-state index contributed by atoms with van der Waals surface area (Å²) >= 11 is 0. The molecule has 0 radical (unpaired) electrons. The molecule has 1 amide bonds. The average Bonchev–Trinajstić information content (AvgIpc) is 2.93. The van der Waals surface area contributed by atoms with Crippen LogP contribution in [0.15, 0.2) is 48.5 Å². The fourth-order valence-corrected chi connectivity index (χ4v) is 4.88. The van der Waals surface area contributed by atoms with Crippen LogP contribution in [-0.4, -0.2) is 35.0 Å². The number of hydrogen-bond acceptors (Lipinski definition) is 3. The molecule has 5 nitrogen and oxygen atoms in total. The van der Waals surface area contributed by atoms with E-state index in [4.69, 9.17) is 0 Å². The van der Waals surface area contributed by atoms with Gasteiger partial charge in [-0.25, -0.2) is 0 Å². The molecule has 0 unspecified atom stereocenters. The molecule has 8 heteroatoms. The van der Waals surface area contributed by atoms with Gasteiger partial charge in [-0.05, 0) is 41.8 Å². The van der Waals surface area contributed by atoms with Crippen LogP contribution in [0, 0.1) is 0 Å². The van der Waals surface area contributed by atoms with Crippen molar-refractivity contribution in [2.24, 2.45) is 0 Å². The van der Waals surface area contributed by atoms with Gasteiger partial charge in [0.25, 0.3) is 5.91 Å². The van der Waals surface area contributed by atoms with Crippen molar-refractivity contribution in [3.63, 3.8) is 0 Å². The van der Waals surface area contributed by atoms with Crippen LogP contribution in [0.3, 0.4) is 0 Å². The topological polar surface area (TPSA) is 69.6 Å². The van der Waals surface area contributed by atoms with E-state index in [1.807, 2.05) is 0 Å². The average molecular weight is 577 g/mol. The van der Waals surface area contributed by atoms with Crippen LogP contribution in [0.25, 0.3) is 0 Å². The van der Waals surface area contributed by atoms with Crippen LogP contribution in [0.4, 0.5) is 13.2 Å². The maximum absolute atomic E-state index is 12.8. The quantitative estimate of drug-likeness (QED) is 0.146. The van der Waals surface area contributed by atoms with Crippen molar-refractivity contribution in [2.45, 2.75) is 110 Å². The summed E-state index contributed by atoms with van der Waals surface area (Å²) in [5.74, 6) is -1.16. The predicted octanol–water partition coefficient (Wildman–Crippen LogP) is 8.61. The highest BCUT2D eigenvalue weighted by Crippen LogP contribution is 2.29. The third-order valence-electron chi connectivity index (χ3n) is 7.23. The van der Waals surface area contributed by atoms with Crippen molar-refractivity contribution in [1.29, 1.82) is 0 Å². The number of aliphatic carboxylic acids is 1. The Morgan fingerprint density at radius 1 is 0.707 bits per heavy atom. The Balaban J connectivity index is 1.66. The maximum Gasteiger partial charge on any atom is 0.416 e. The standard InChI is InChI=1S/C33H47F3N2O3/c1-2-3-4-5-6-7-8-9-10-11-12-13-14-23-37-32(41)29-19-15-27(16-20-29)24-38(26-31(39)40)25-28-17-21-30(22-18-28)33(34,35)36/h15-22H,2-14,23-26H2,1H3,(H,37,41)(H,39,40). The number of amides is 1. The Kier molecular flexibility index (Phi) is 16.2. The van der Waals surface area contributed by atoms with E-state index >= 15 is 0 Å². The van der Waals surface area contributed by atoms with Gasteiger partial charge in [-0.1, -0.05) is 108 Å². The summed E-state index contributed by atoms with van der Waals surface area (Å²) in [6.07, 6.45) is 12.2. The van der Waals surface area contributed by atoms with Gasteiger partial charge >= 0.3 is 12.1 Å². The highest BCUT2D eigenvalue weighted by Gasteiger charge is 2.30. The molecular formula is C33H47F3N2O3. The molecule has 0 saturated carbocycles. The Labute approximate surface area is 243 Å². The van der Waals surface area contributed by atoms with Crippen molar-refractivity contribution in [1.82, 2.24) is 10.2 Å². The largest absolute Gasteiger partial charge is 0.480 e. The van der Waals surface area contributed by atoms with E-state index in [-0.39, 0.29) is 25.5 Å². The molecule has 0 fully saturated rings. The molecule has 0 aliphatic rings. The second-order valence-corrected chi connectivity index (χ2v) is 10.9. The normalized spacial score (nSPS) is 11.6. The number of nitrogens with one attached hydrogen (secondary N) is 1. The Morgan fingerprint density at radius 2 is 1.15 bits per heavy atom. The SMILES string of the molecule is CCCCCCCCCCCCCCCNC(=O)c1ccc(CN(CC(=O)O)Cc2ccc(C(F)(F)F)cc2)cc1. The number of carboxylic acids is 1. The summed E-state index contributed by atoms with van der Waals surface area (Å²) in [6.45, 7) is 3.10. The summed E-state index contributed by atoms with van der Waals surface area (Å²) in [6, 6.07) is 11.7. The number of nitrogens with zero attached hydrogens (tertiary/aromatic N) is 1. The van der Waals surface area contributed by atoms with Crippen LogP contribution in [0.2, 0.25) is 0 Å². The molecule has 2 aromatic rings. The first-order chi connectivity index (χ1) is 19.7. The van der Waals surface area contributed by atoms with Crippen LogP contribution in [-0.2, 0) is 24.1 Å². The smallest absolute Gasteiger partial charge is 0.416 e. The second kappa shape index (κ2) is 19.3. The monoisotopic (exact) mass is 576 g/mol. The van der Waals surface area contributed by atoms with Crippen LogP contribution >= 0.6 is 0 Å². The molecule has 2 N–H and O–H groups in total. The second-order valence-electron chi connectivity index (χ2n) is 10.9. The third-order valence-corrected chi connectivity index (χ3v) is 7.23. The molecule has 0 saturated heterocycles. The number of alkyl halides is 3. The number of halogens is 3. The number of carbonyl (C=O) groups excluding carboxylic acids is 1. The first kappa shape index (κ1) is 34.3. The van der Waals surface area contributed by atoms with Crippen LogP contribution in [0.1, 0.15) is 117 Å². The van der Waals surface area contributed by atoms with Crippen LogP contribution < -0.4 is 5.32 Å². The molecule has 0 atom stereocenters. The summed E-state index contributed by atoms with van der Waals surface area (Å²) in [7, 11) is 0. The molecule has 0 spiro atoms. The summed E-state index contributed by atoms with van der Waals surface area (Å²) < 4.78 is 38.5. The van der Waals surface area contributed by atoms with Crippen molar-refractivity contribution < 1.29 is 27.9 Å². The summed E-state index contributed by atoms with van der Waals surface area (Å²) in [5, 5.41) is 12.3. The van der Waals surface area contributed by atoms with Gasteiger partial charge in [0, 0.05) is 25.2 Å². The molecule has 2 aromatic carbocycles. The van der Waals surface area contributed by atoms with Gasteiger partial charge in [-0.15, -0.1) is 0 Å². The lowest BCUT2D eigenvalue weighted by atomic mass is 10.0. The highest BCUT2D eigenvalue weighted by atomic mass is 19.4. The van der Waals surface area contributed by atoms with Crippen molar-refractivity contribution in [2.75, 3.05) is 13.1 Å². The molecule has 0 heterocycles. The zero-order valence-electron chi connectivity index (χ0n) is 24.5. The number of hydrogen-bond donors (Lipinski definition) is 2. The van der Waals surface area contributed by atoms with Crippen molar-refractivity contribution in [3.8, 4) is 0 Å². The summed E-state index contributed by atoms with van der Waals surface area (Å²) in [5.41, 5.74) is 1.19. The fraction of sp³-hybridized carbons (Fsp3) is 0.576. The zero-order chi connectivity index (χ0) is 29.9. The van der Waals surface area contributed by atoms with E-state index in [0.29, 0.717) is 17.7 Å². The van der Waals surface area contributed by atoms with Gasteiger partial charge < -0.3 is 10.4 Å². The van der Waals surface area contributed by atoms with E-state index < -0.39 is 17.7 Å². The van der Waals surface area contributed by atoms with Crippen molar-refractivity contribution >= 4 is 11.9 Å². The Hall–Kier alpha value is -2.87. The lowest BCUT2D eigenvalue weighted by Gasteiger charge is -2.21. The number of unbranched alkanes of at least 4 members (excludes halogenated alkanes) is 12. The third kappa shape index (κ3) is 15.1. The lowest BCUT2D eigenvalue weighted by Crippen LogP contribution is -2.29. The first-order valence-corrected chi connectivity index (χ1v) is 15.2. The minimum Gasteiger partial charge on any atom is -0.480 e. The molecule has 0 bridgehead atoms. The highest BCUT2D eigenvalue weighted by molar-refractivity contribution is 5.94. The van der Waals surface area contributed by atoms with E-state index in [1.54, 1.807) is 29.2 Å². The van der Waals surface area contributed by atoms with E-state index in [9.17, 15) is 27.9 Å². The Morgan fingerprint density at radius 3 is 1.59 bits per heavy atom. The van der Waals surface area contributed by atoms with Crippen LogP contribution in [0.5, 0.6) is 0 Å². The van der Waals surface area contributed by atoms with Gasteiger partial charge in [-0.2, -0.15) is 13.2 Å². The van der Waals surface area contributed by atoms with Crippen molar-refractivity contribution in [3.05, 3.63) is 70.8 Å². The van der Waals surface area contributed by atoms with E-state index in [2.05, 4.69) is 12.2 Å². The lowest BCUT2D eigenvalue weighted by molar-refractivity contribution is -0.139. The number of benzene rings is 2. The summed E-state index contributed by atoms with van der Waals surface area (Å²) in [4.78, 5) is 25.5. The minimum absolute atomic E-state index is 0.136. The molecule has 0 aromatic heterocycles. The van der Waals surface area contributed by atoms with E-state index in [1.165, 1.54) is 82.8 Å². The van der Waals surface area contributed by atoms with E-state index in [0.717, 1.165) is 30.5 Å². The number of carbonyl (C=O) groups is 2. The van der Waals surface area contributed by atoms with Gasteiger partial charge in [-0.3, -0.25) is 14.5 Å².